The predicted octanol–water partition coefficient (Wildman–Crippen LogP) is 5.83. The zero-order chi connectivity index (χ0) is 26.0. The maximum atomic E-state index is 14.0. The quantitative estimate of drug-likeness (QED) is 0.350. The number of alkyl halides is 2. The minimum Gasteiger partial charge on any atom is -0.481 e. The second-order valence-electron chi connectivity index (χ2n) is 8.89. The van der Waals surface area contributed by atoms with Gasteiger partial charge >= 0.3 is 5.97 Å². The van der Waals surface area contributed by atoms with E-state index in [-0.39, 0.29) is 44.3 Å². The van der Waals surface area contributed by atoms with Crippen LogP contribution in [0, 0.1) is 6.92 Å². The number of carbonyl (C=O) groups excluding carboxylic acids is 1. The highest BCUT2D eigenvalue weighted by Crippen LogP contribution is 2.33. The van der Waals surface area contributed by atoms with Gasteiger partial charge in [-0.3, -0.25) is 9.59 Å². The molecular weight excluding hydrogens is 556 g/mol. The molecule has 1 aromatic heterocycles. The molecule has 1 amide bonds. The second-order valence-corrected chi connectivity index (χ2v) is 10.2. The van der Waals surface area contributed by atoms with E-state index in [9.17, 15) is 23.5 Å². The second kappa shape index (κ2) is 11.1. The molecule has 3 aromatic rings. The molecule has 0 spiro atoms. The molecule has 2 aromatic carbocycles. The lowest BCUT2D eigenvalue weighted by Gasteiger charge is -2.23. The van der Waals surface area contributed by atoms with Crippen LogP contribution in [-0.4, -0.2) is 53.9 Å². The molecule has 2 heterocycles. The van der Waals surface area contributed by atoms with Gasteiger partial charge in [0.25, 0.3) is 5.91 Å². The van der Waals surface area contributed by atoms with Crippen molar-refractivity contribution in [3.05, 3.63) is 68.7 Å². The summed E-state index contributed by atoms with van der Waals surface area (Å²) in [6.45, 7) is 1.60. The average Bonchev–Trinajstić information content (AvgIpc) is 3.17. The number of carboxylic acids is 1. The Hall–Kier alpha value is -2.78. The topological polar surface area (TPSA) is 82.5 Å². The number of fused-ring (bicyclic) bond motifs is 1. The lowest BCUT2D eigenvalue weighted by Crippen LogP contribution is -2.31. The number of benzene rings is 2. The van der Waals surface area contributed by atoms with Crippen molar-refractivity contribution in [1.29, 1.82) is 0 Å². The van der Waals surface area contributed by atoms with E-state index in [2.05, 4.69) is 26.2 Å². The van der Waals surface area contributed by atoms with Crippen molar-refractivity contribution >= 4 is 56.1 Å². The van der Waals surface area contributed by atoms with Gasteiger partial charge in [0.1, 0.15) is 5.82 Å². The zero-order valence-corrected chi connectivity index (χ0v) is 21.8. The SMILES string of the molecule is Cc1c(N2C[C@H](F)[C@@H](F)C2)nc2ccc(Br)cc2c1C(=O)NCC(CCC(=O)O)c1ccccc1Cl. The smallest absolute Gasteiger partial charge is 0.303 e. The fourth-order valence-electron chi connectivity index (χ4n) is 4.59. The van der Waals surface area contributed by atoms with Crippen molar-refractivity contribution in [2.45, 2.75) is 38.0 Å². The van der Waals surface area contributed by atoms with Crippen LogP contribution >= 0.6 is 27.5 Å². The molecule has 2 N–H and O–H groups in total. The number of nitrogens with one attached hydrogen (secondary N) is 1. The van der Waals surface area contributed by atoms with Crippen molar-refractivity contribution in [2.24, 2.45) is 0 Å². The van der Waals surface area contributed by atoms with E-state index in [1.165, 1.54) is 4.90 Å². The average molecular weight is 581 g/mol. The third kappa shape index (κ3) is 5.62. The highest BCUT2D eigenvalue weighted by atomic mass is 79.9. The number of amides is 1. The van der Waals surface area contributed by atoms with E-state index >= 15 is 0 Å². The van der Waals surface area contributed by atoms with Crippen molar-refractivity contribution in [1.82, 2.24) is 10.3 Å². The highest BCUT2D eigenvalue weighted by molar-refractivity contribution is 9.10. The summed E-state index contributed by atoms with van der Waals surface area (Å²) >= 11 is 9.80. The van der Waals surface area contributed by atoms with Crippen LogP contribution in [0.3, 0.4) is 0 Å². The van der Waals surface area contributed by atoms with E-state index in [1.807, 2.05) is 12.1 Å². The molecule has 1 aliphatic rings. The van der Waals surface area contributed by atoms with Crippen LogP contribution < -0.4 is 10.2 Å². The summed E-state index contributed by atoms with van der Waals surface area (Å²) in [6.07, 6.45) is -3.02. The Bertz CT molecular complexity index is 1300. The van der Waals surface area contributed by atoms with Crippen LogP contribution in [0.15, 0.2) is 46.9 Å². The Labute approximate surface area is 220 Å². The monoisotopic (exact) mass is 579 g/mol. The van der Waals surface area contributed by atoms with Gasteiger partial charge in [-0.2, -0.15) is 0 Å². The van der Waals surface area contributed by atoms with Crippen molar-refractivity contribution < 1.29 is 23.5 Å². The molecule has 1 unspecified atom stereocenters. The molecule has 1 fully saturated rings. The largest absolute Gasteiger partial charge is 0.481 e. The number of rotatable bonds is 8. The first kappa shape index (κ1) is 26.3. The number of anilines is 1. The molecule has 1 saturated heterocycles. The van der Waals surface area contributed by atoms with E-state index in [0.29, 0.717) is 32.9 Å². The first-order valence-corrected chi connectivity index (χ1v) is 12.7. The summed E-state index contributed by atoms with van der Waals surface area (Å²) < 4.78 is 28.7. The normalized spacial score (nSPS) is 18.4. The molecule has 0 aliphatic carbocycles. The Morgan fingerprint density at radius 2 is 1.92 bits per heavy atom. The van der Waals surface area contributed by atoms with Gasteiger partial charge in [-0.15, -0.1) is 0 Å². The maximum Gasteiger partial charge on any atom is 0.303 e. The molecule has 4 rings (SSSR count). The van der Waals surface area contributed by atoms with Gasteiger partial charge in [0, 0.05) is 39.3 Å². The van der Waals surface area contributed by atoms with E-state index in [1.54, 1.807) is 37.3 Å². The van der Waals surface area contributed by atoms with Crippen LogP contribution in [0.5, 0.6) is 0 Å². The lowest BCUT2D eigenvalue weighted by molar-refractivity contribution is -0.137. The minimum absolute atomic E-state index is 0.0795. The number of aliphatic carboxylic acids is 1. The number of halogens is 4. The summed E-state index contributed by atoms with van der Waals surface area (Å²) in [4.78, 5) is 30.9. The van der Waals surface area contributed by atoms with Gasteiger partial charge in [0.05, 0.1) is 24.2 Å². The van der Waals surface area contributed by atoms with Crippen LogP contribution in [0.4, 0.5) is 14.6 Å². The Morgan fingerprint density at radius 3 is 2.58 bits per heavy atom. The fraction of sp³-hybridized carbons (Fsp3) is 0.346. The Kier molecular flexibility index (Phi) is 8.10. The first-order valence-electron chi connectivity index (χ1n) is 11.5. The summed E-state index contributed by atoms with van der Waals surface area (Å²) in [6, 6.07) is 12.5. The number of aromatic nitrogens is 1. The fourth-order valence-corrected chi connectivity index (χ4v) is 5.24. The van der Waals surface area contributed by atoms with Crippen LogP contribution in [-0.2, 0) is 4.79 Å². The summed E-state index contributed by atoms with van der Waals surface area (Å²) in [5, 5.41) is 13.2. The van der Waals surface area contributed by atoms with Gasteiger partial charge in [-0.25, -0.2) is 13.8 Å². The van der Waals surface area contributed by atoms with E-state index in [4.69, 9.17) is 11.6 Å². The van der Waals surface area contributed by atoms with E-state index < -0.39 is 18.3 Å². The summed E-state index contributed by atoms with van der Waals surface area (Å²) in [7, 11) is 0. The minimum atomic E-state index is -1.62. The van der Waals surface area contributed by atoms with Crippen molar-refractivity contribution in [2.75, 3.05) is 24.5 Å². The van der Waals surface area contributed by atoms with Crippen LogP contribution in [0.2, 0.25) is 5.02 Å². The van der Waals surface area contributed by atoms with Gasteiger partial charge in [-0.1, -0.05) is 45.7 Å². The number of hydrogen-bond acceptors (Lipinski definition) is 4. The molecule has 0 radical (unpaired) electrons. The third-order valence-electron chi connectivity index (χ3n) is 6.43. The molecule has 190 valence electrons. The number of carbonyl (C=O) groups is 2. The van der Waals surface area contributed by atoms with Crippen LogP contribution in [0.1, 0.15) is 40.2 Å². The molecule has 10 heteroatoms. The van der Waals surface area contributed by atoms with Gasteiger partial charge in [-0.05, 0) is 43.2 Å². The molecule has 0 saturated carbocycles. The number of hydrogen-bond donors (Lipinski definition) is 2. The zero-order valence-electron chi connectivity index (χ0n) is 19.5. The molecule has 1 aliphatic heterocycles. The number of carboxylic acid groups (broad SMARTS) is 1. The van der Waals surface area contributed by atoms with Gasteiger partial charge < -0.3 is 15.3 Å². The van der Waals surface area contributed by atoms with Gasteiger partial charge in [0.15, 0.2) is 12.3 Å². The Morgan fingerprint density at radius 1 is 1.22 bits per heavy atom. The van der Waals surface area contributed by atoms with E-state index in [0.717, 1.165) is 10.0 Å². The molecule has 36 heavy (non-hydrogen) atoms. The molecule has 6 nitrogen and oxygen atoms in total. The first-order chi connectivity index (χ1) is 17.2. The Balaban J connectivity index is 1.68. The van der Waals surface area contributed by atoms with Gasteiger partial charge in [0.2, 0.25) is 0 Å². The molecular formula is C26H25BrClF2N3O3. The standard InChI is InChI=1S/C26H25BrClF2N3O3/c1-14-24(26(36)31-11-15(6-9-23(34)35)17-4-2-3-5-19(17)28)18-10-16(27)7-8-22(18)32-25(14)33-12-20(29)21(30)13-33/h2-5,7-8,10,15,20-21H,6,9,11-13H2,1H3,(H,31,36)(H,34,35)/t15?,20-,21-/m0/s1. The molecule has 3 atom stereocenters. The summed E-state index contributed by atoms with van der Waals surface area (Å²) in [5.74, 6) is -1.28. The lowest BCUT2D eigenvalue weighted by atomic mass is 9.93. The van der Waals surface area contributed by atoms with Crippen molar-refractivity contribution in [3.8, 4) is 0 Å². The maximum absolute atomic E-state index is 14.0. The number of pyridine rings is 1. The summed E-state index contributed by atoms with van der Waals surface area (Å²) in [5.41, 5.74) is 2.14. The molecule has 0 bridgehead atoms. The third-order valence-corrected chi connectivity index (χ3v) is 7.27. The van der Waals surface area contributed by atoms with Crippen LogP contribution in [0.25, 0.3) is 10.9 Å². The van der Waals surface area contributed by atoms with Crippen molar-refractivity contribution in [3.63, 3.8) is 0 Å². The number of nitrogens with zero attached hydrogens (tertiary/aromatic N) is 2. The predicted molar refractivity (Wildman–Crippen MR) is 140 cm³/mol. The highest BCUT2D eigenvalue weighted by Gasteiger charge is 2.35.